The molecule has 1 atom stereocenters. The highest BCUT2D eigenvalue weighted by atomic mass is 79.9. The summed E-state index contributed by atoms with van der Waals surface area (Å²) in [5.74, 6) is 0. The molecule has 0 fully saturated rings. The zero-order valence-corrected chi connectivity index (χ0v) is 18.8. The monoisotopic (exact) mass is 478 g/mol. The number of carbonyl (C=O) groups excluding carboxylic acids is 1. The summed E-state index contributed by atoms with van der Waals surface area (Å²) in [6.45, 7) is 5.18. The van der Waals surface area contributed by atoms with E-state index in [1.807, 2.05) is 18.2 Å². The van der Waals surface area contributed by atoms with E-state index in [0.717, 1.165) is 20.9 Å². The molecule has 154 valence electrons. The number of benzene rings is 2. The highest BCUT2D eigenvalue weighted by molar-refractivity contribution is 9.10. The second-order valence-electron chi connectivity index (χ2n) is 7.70. The minimum absolute atomic E-state index is 0.0953. The molecule has 8 heteroatoms. The van der Waals surface area contributed by atoms with Gasteiger partial charge in [-0.15, -0.1) is 0 Å². The van der Waals surface area contributed by atoms with Crippen molar-refractivity contribution in [3.63, 3.8) is 0 Å². The van der Waals surface area contributed by atoms with Gasteiger partial charge in [-0.25, -0.2) is 13.2 Å². The fraction of sp³-hybridized carbons (Fsp3) is 0.286. The van der Waals surface area contributed by atoms with Gasteiger partial charge < -0.3 is 15.0 Å². The van der Waals surface area contributed by atoms with Gasteiger partial charge in [0, 0.05) is 28.0 Å². The van der Waals surface area contributed by atoms with Crippen LogP contribution in [0.2, 0.25) is 0 Å². The van der Waals surface area contributed by atoms with Crippen LogP contribution in [0.3, 0.4) is 0 Å². The average molecular weight is 479 g/mol. The Morgan fingerprint density at radius 3 is 2.52 bits per heavy atom. The summed E-state index contributed by atoms with van der Waals surface area (Å²) in [5.41, 5.74) is 0.925. The summed E-state index contributed by atoms with van der Waals surface area (Å²) in [6.07, 6.45) is 1.09. The first-order valence-electron chi connectivity index (χ1n) is 9.10. The molecule has 1 aromatic heterocycles. The van der Waals surface area contributed by atoms with Crippen LogP contribution in [0, 0.1) is 0 Å². The maximum atomic E-state index is 13.3. The number of sulfone groups is 1. The minimum Gasteiger partial charge on any atom is -0.444 e. The van der Waals surface area contributed by atoms with Crippen molar-refractivity contribution in [1.29, 1.82) is 0 Å². The van der Waals surface area contributed by atoms with Crippen LogP contribution in [-0.2, 0) is 21.0 Å². The van der Waals surface area contributed by atoms with Crippen molar-refractivity contribution < 1.29 is 17.9 Å². The summed E-state index contributed by atoms with van der Waals surface area (Å²) in [5, 5.41) is 2.27. The number of rotatable bonds is 5. The van der Waals surface area contributed by atoms with E-state index in [0.29, 0.717) is 0 Å². The lowest BCUT2D eigenvalue weighted by Crippen LogP contribution is -2.44. The van der Waals surface area contributed by atoms with Gasteiger partial charge in [0.15, 0.2) is 9.84 Å². The molecule has 1 amide bonds. The summed E-state index contributed by atoms with van der Waals surface area (Å²) >= 11 is 3.43. The van der Waals surface area contributed by atoms with Crippen molar-refractivity contribution in [2.24, 2.45) is 0 Å². The largest absolute Gasteiger partial charge is 0.444 e. The normalized spacial score (nSPS) is 13.2. The molecule has 0 spiro atoms. The van der Waals surface area contributed by atoms with Crippen molar-refractivity contribution in [1.82, 2.24) is 10.3 Å². The van der Waals surface area contributed by atoms with Gasteiger partial charge in [-0.3, -0.25) is 0 Å². The Balaban J connectivity index is 1.97. The Bertz CT molecular complexity index is 1120. The van der Waals surface area contributed by atoms with E-state index >= 15 is 0 Å². The topological polar surface area (TPSA) is 88.3 Å². The highest BCUT2D eigenvalue weighted by Crippen LogP contribution is 2.26. The van der Waals surface area contributed by atoms with Gasteiger partial charge in [-0.2, -0.15) is 0 Å². The number of carbonyl (C=O) groups is 1. The zero-order chi connectivity index (χ0) is 21.2. The molecule has 0 saturated carbocycles. The van der Waals surface area contributed by atoms with Crippen LogP contribution < -0.4 is 5.32 Å². The summed E-state index contributed by atoms with van der Waals surface area (Å²) in [6, 6.07) is 13.8. The first kappa shape index (κ1) is 21.4. The van der Waals surface area contributed by atoms with Crippen molar-refractivity contribution in [2.75, 3.05) is 0 Å². The maximum absolute atomic E-state index is 13.3. The molecule has 6 nitrogen and oxygen atoms in total. The number of amides is 1. The van der Waals surface area contributed by atoms with E-state index < -0.39 is 26.9 Å². The molecular formula is C21H23BrN2O4S. The van der Waals surface area contributed by atoms with Crippen LogP contribution in [0.5, 0.6) is 0 Å². The Kier molecular flexibility index (Phi) is 6.05. The number of hydrogen-bond acceptors (Lipinski definition) is 4. The molecule has 2 N–H and O–H groups in total. The van der Waals surface area contributed by atoms with E-state index in [2.05, 4.69) is 26.2 Å². The maximum Gasteiger partial charge on any atom is 0.408 e. The van der Waals surface area contributed by atoms with Gasteiger partial charge in [0.1, 0.15) is 11.0 Å². The molecule has 0 aliphatic heterocycles. The number of aromatic nitrogens is 1. The number of halogens is 1. The van der Waals surface area contributed by atoms with E-state index in [4.69, 9.17) is 4.74 Å². The van der Waals surface area contributed by atoms with Gasteiger partial charge >= 0.3 is 6.09 Å². The van der Waals surface area contributed by atoms with Crippen molar-refractivity contribution in [3.8, 4) is 0 Å². The predicted molar refractivity (Wildman–Crippen MR) is 116 cm³/mol. The van der Waals surface area contributed by atoms with Crippen LogP contribution >= 0.6 is 15.9 Å². The second-order valence-corrected chi connectivity index (χ2v) is 10.7. The number of ether oxygens (including phenoxy) is 1. The molecule has 2 aromatic carbocycles. The fourth-order valence-electron chi connectivity index (χ4n) is 2.98. The van der Waals surface area contributed by atoms with E-state index in [1.54, 1.807) is 45.2 Å². The quantitative estimate of drug-likeness (QED) is 0.551. The Hall–Kier alpha value is -2.32. The van der Waals surface area contributed by atoms with Crippen LogP contribution in [0.4, 0.5) is 4.79 Å². The lowest BCUT2D eigenvalue weighted by atomic mass is 10.1. The molecule has 0 radical (unpaired) electrons. The number of fused-ring (bicyclic) bond motifs is 1. The number of H-pyrrole nitrogens is 1. The van der Waals surface area contributed by atoms with Gasteiger partial charge in [0.2, 0.25) is 0 Å². The standard InChI is InChI=1S/C21H23BrN2O4S/c1-21(2,3)28-20(25)24-19(29(26,27)16-7-5-4-6-8-16)11-14-13-23-18-12-15(22)9-10-17(14)18/h4-10,12-13,19,23H,11H2,1-3H3,(H,24,25)/t19-/m1/s1. The molecule has 29 heavy (non-hydrogen) atoms. The van der Waals surface area contributed by atoms with Gasteiger partial charge in [-0.05, 0) is 50.6 Å². The van der Waals surface area contributed by atoms with Crippen LogP contribution in [0.1, 0.15) is 26.3 Å². The predicted octanol–water partition coefficient (Wildman–Crippen LogP) is 4.80. The van der Waals surface area contributed by atoms with Crippen molar-refractivity contribution >= 4 is 42.8 Å². The minimum atomic E-state index is -3.84. The van der Waals surface area contributed by atoms with E-state index in [9.17, 15) is 13.2 Å². The summed E-state index contributed by atoms with van der Waals surface area (Å²) in [7, 11) is -3.84. The van der Waals surface area contributed by atoms with E-state index in [1.165, 1.54) is 12.1 Å². The highest BCUT2D eigenvalue weighted by Gasteiger charge is 2.31. The number of alkyl carbamates (subject to hydrolysis) is 1. The average Bonchev–Trinajstić information content (AvgIpc) is 3.02. The lowest BCUT2D eigenvalue weighted by molar-refractivity contribution is 0.0520. The first-order valence-corrected chi connectivity index (χ1v) is 11.4. The molecule has 0 saturated heterocycles. The van der Waals surface area contributed by atoms with Crippen LogP contribution in [-0.4, -0.2) is 30.5 Å². The lowest BCUT2D eigenvalue weighted by Gasteiger charge is -2.24. The third kappa shape index (κ3) is 5.19. The van der Waals surface area contributed by atoms with Gasteiger partial charge in [0.25, 0.3) is 0 Å². The van der Waals surface area contributed by atoms with E-state index in [-0.39, 0.29) is 11.3 Å². The van der Waals surface area contributed by atoms with Crippen LogP contribution in [0.25, 0.3) is 10.9 Å². The number of nitrogens with one attached hydrogen (secondary N) is 2. The third-order valence-electron chi connectivity index (χ3n) is 4.26. The molecule has 1 heterocycles. The Morgan fingerprint density at radius 2 is 1.86 bits per heavy atom. The fourth-order valence-corrected chi connectivity index (χ4v) is 4.86. The van der Waals surface area contributed by atoms with Crippen molar-refractivity contribution in [2.45, 2.75) is 43.1 Å². The Morgan fingerprint density at radius 1 is 1.17 bits per heavy atom. The summed E-state index contributed by atoms with van der Waals surface area (Å²) in [4.78, 5) is 15.7. The van der Waals surface area contributed by atoms with Gasteiger partial charge in [0.05, 0.1) is 4.90 Å². The molecular weight excluding hydrogens is 456 g/mol. The van der Waals surface area contributed by atoms with Crippen LogP contribution in [0.15, 0.2) is 64.1 Å². The third-order valence-corrected chi connectivity index (χ3v) is 6.71. The second kappa shape index (κ2) is 8.20. The molecule has 3 rings (SSSR count). The SMILES string of the molecule is CC(C)(C)OC(=O)N[C@@H](Cc1c[nH]c2cc(Br)ccc12)S(=O)(=O)c1ccccc1. The molecule has 0 aliphatic rings. The zero-order valence-electron chi connectivity index (χ0n) is 16.4. The molecule has 0 aliphatic carbocycles. The number of aromatic amines is 1. The Labute approximate surface area is 178 Å². The first-order chi connectivity index (χ1) is 13.6. The number of hydrogen-bond donors (Lipinski definition) is 2. The molecule has 3 aromatic rings. The molecule has 0 unspecified atom stereocenters. The van der Waals surface area contributed by atoms with Crippen molar-refractivity contribution in [3.05, 3.63) is 64.8 Å². The van der Waals surface area contributed by atoms with Gasteiger partial charge in [-0.1, -0.05) is 40.2 Å². The summed E-state index contributed by atoms with van der Waals surface area (Å²) < 4.78 is 32.7. The smallest absolute Gasteiger partial charge is 0.408 e. The molecule has 0 bridgehead atoms.